The zero-order valence-corrected chi connectivity index (χ0v) is 62.0. The second-order valence-corrected chi connectivity index (χ2v) is 29.8. The van der Waals surface area contributed by atoms with E-state index in [9.17, 15) is 172 Å². The lowest BCUT2D eigenvalue weighted by molar-refractivity contribution is -0.420. The summed E-state index contributed by atoms with van der Waals surface area (Å²) in [6.45, 7) is -10.2. The molecule has 54 nitrogen and oxygen atoms in total. The number of hydrogen-bond acceptors (Lipinski definition) is 49. The van der Waals surface area contributed by atoms with Gasteiger partial charge in [0.05, 0.1) is 77.7 Å². The molecule has 8 aliphatic rings. The van der Waals surface area contributed by atoms with Gasteiger partial charge in [0, 0.05) is 33.2 Å². The monoisotopic (exact) mass is 1730 g/mol. The third-order valence-corrected chi connectivity index (χ3v) is 21.3. The van der Waals surface area contributed by atoms with E-state index in [4.69, 9.17) is 85.8 Å². The van der Waals surface area contributed by atoms with E-state index in [1.54, 1.807) is 0 Å². The molecule has 0 aromatic carbocycles. The first-order chi connectivity index (χ1) is 54.5. The van der Waals surface area contributed by atoms with E-state index in [2.05, 4.69) is 10.6 Å². The van der Waals surface area contributed by atoms with Crippen molar-refractivity contribution in [3.8, 4) is 0 Å². The maximum atomic E-state index is 13.7. The highest BCUT2D eigenvalue weighted by molar-refractivity contribution is 7.47. The van der Waals surface area contributed by atoms with Gasteiger partial charge < -0.3 is 235 Å². The number of carboxylic acid groups (broad SMARTS) is 2. The molecular formula is C61H104N3O51P. The van der Waals surface area contributed by atoms with Crippen molar-refractivity contribution >= 4 is 31.6 Å². The fraction of sp³-hybridized carbons (Fsp3) is 0.934. The van der Waals surface area contributed by atoms with Crippen molar-refractivity contribution in [1.29, 1.82) is 0 Å². The number of aliphatic carboxylic acids is 2. The normalized spacial score (nSPS) is 45.7. The molecule has 8 aliphatic heterocycles. The average Bonchev–Trinajstić information content (AvgIpc) is 0.738. The van der Waals surface area contributed by atoms with E-state index in [1.165, 1.54) is 0 Å². The van der Waals surface area contributed by atoms with Crippen molar-refractivity contribution in [1.82, 2.24) is 10.6 Å². The van der Waals surface area contributed by atoms with Gasteiger partial charge in [0.2, 0.25) is 11.8 Å². The van der Waals surface area contributed by atoms with Crippen molar-refractivity contribution in [3.05, 3.63) is 0 Å². The van der Waals surface area contributed by atoms with Gasteiger partial charge in [-0.3, -0.25) is 18.6 Å². The van der Waals surface area contributed by atoms with E-state index < -0.39 is 373 Å². The minimum absolute atomic E-state index is 0.470. The number of aliphatic hydroxyl groups excluding tert-OH is 25. The Balaban J connectivity index is 1.20. The second-order valence-electron chi connectivity index (χ2n) is 28.4. The first-order valence-electron chi connectivity index (χ1n) is 35.9. The predicted molar refractivity (Wildman–Crippen MR) is 352 cm³/mol. The highest BCUT2D eigenvalue weighted by atomic mass is 31.2. The number of nitrogens with two attached hydrogens (primary N) is 1. The SMILES string of the molecule is CC(=O)N[C@H]1[C@H](O[C@@H]2[C@H](O[C@]3(C(=O)O)C[C@H](O)[C@@H](NC(C)=O)[C@H]([C@H](O)[C@H](O)CO)O3)[C@@H](O)[C@H](O[C@H]3[C@H](O)[C@@H](O)[C@H](O[C@@H]4[C@@H](O[C@H]5[C@H](O)[C@@H]([C@H](CO)OP(=O)(O)OCCN)O[C@H](O[C@H]6[C@@H]([C@H](O)CO)O[C@@](O)(C(=O)O)C[C@H]6O)[C@H]5O[C@H]5O[C@H](CO)[C@@H](O)[C@H](O)[C@H]5O)O[C@H]([C@@H](O)CO)[C@@H](O)[C@@H]4O)O[C@@H]3CO)O[C@@H]2CO)O[C@H](CO)[C@H](O)[C@@H]1O. The van der Waals surface area contributed by atoms with Crippen LogP contribution in [0.1, 0.15) is 26.7 Å². The molecule has 0 aromatic heterocycles. The van der Waals surface area contributed by atoms with Crippen LogP contribution < -0.4 is 16.4 Å². The molecule has 8 rings (SSSR count). The van der Waals surface area contributed by atoms with Gasteiger partial charge in [-0.15, -0.1) is 0 Å². The number of aliphatic hydroxyl groups is 26. The number of nitrogens with one attached hydrogen (secondary N) is 2. The summed E-state index contributed by atoms with van der Waals surface area (Å²) >= 11 is 0. The summed E-state index contributed by atoms with van der Waals surface area (Å²) in [6, 6.07) is -3.78. The minimum Gasteiger partial charge on any atom is -0.477 e. The average molecular weight is 1730 g/mol. The van der Waals surface area contributed by atoms with Crippen LogP contribution in [-0.2, 0) is 104 Å². The summed E-state index contributed by atoms with van der Waals surface area (Å²) in [5.41, 5.74) is 5.44. The Hall–Kier alpha value is -3.69. The van der Waals surface area contributed by atoms with Crippen LogP contribution in [-0.4, -0.2) is 500 Å². The summed E-state index contributed by atoms with van der Waals surface area (Å²) in [6.07, 6.45) is -98.1. The smallest absolute Gasteiger partial charge is 0.472 e. The fourth-order valence-electron chi connectivity index (χ4n) is 14.3. The molecule has 0 aliphatic carbocycles. The Kier molecular flexibility index (Phi) is 35.1. The number of carbonyl (C=O) groups is 4. The Bertz CT molecular complexity index is 3170. The van der Waals surface area contributed by atoms with Crippen LogP contribution in [0.15, 0.2) is 0 Å². The largest absolute Gasteiger partial charge is 0.477 e. The molecule has 0 radical (unpaired) electrons. The number of amides is 2. The summed E-state index contributed by atoms with van der Waals surface area (Å²) in [7, 11) is -5.54. The maximum Gasteiger partial charge on any atom is 0.472 e. The molecule has 2 amide bonds. The maximum absolute atomic E-state index is 13.7. The fourth-order valence-corrected chi connectivity index (χ4v) is 15.2. The number of carbonyl (C=O) groups excluding carboxylic acids is 2. The van der Waals surface area contributed by atoms with Gasteiger partial charge in [-0.2, -0.15) is 0 Å². The first kappa shape index (κ1) is 97.8. The summed E-state index contributed by atoms with van der Waals surface area (Å²) < 4.78 is 112. The third kappa shape index (κ3) is 21.6. The Morgan fingerprint density at radius 2 is 0.922 bits per heavy atom. The van der Waals surface area contributed by atoms with Gasteiger partial charge in [0.25, 0.3) is 11.6 Å². The lowest BCUT2D eigenvalue weighted by Gasteiger charge is -2.53. The molecule has 116 heavy (non-hydrogen) atoms. The van der Waals surface area contributed by atoms with Crippen LogP contribution in [0.25, 0.3) is 0 Å². The highest BCUT2D eigenvalue weighted by Gasteiger charge is 2.65. The number of ether oxygens (including phenoxy) is 15. The van der Waals surface area contributed by atoms with Crippen molar-refractivity contribution < 1.29 is 252 Å². The van der Waals surface area contributed by atoms with E-state index in [1.807, 2.05) is 0 Å². The van der Waals surface area contributed by atoms with Crippen LogP contribution in [0.2, 0.25) is 0 Å². The Morgan fingerprint density at radius 1 is 0.448 bits per heavy atom. The Labute approximate surface area is 653 Å². The molecule has 0 saturated carbocycles. The van der Waals surface area contributed by atoms with Crippen LogP contribution in [0.4, 0.5) is 0 Å². The van der Waals surface area contributed by atoms with Crippen molar-refractivity contribution in [2.24, 2.45) is 5.73 Å². The van der Waals surface area contributed by atoms with E-state index >= 15 is 0 Å². The highest BCUT2D eigenvalue weighted by Crippen LogP contribution is 2.48. The Morgan fingerprint density at radius 3 is 1.47 bits per heavy atom. The molecule has 0 spiro atoms. The van der Waals surface area contributed by atoms with E-state index in [0.717, 1.165) is 13.8 Å². The van der Waals surface area contributed by atoms with Crippen molar-refractivity contribution in [3.63, 3.8) is 0 Å². The zero-order valence-electron chi connectivity index (χ0n) is 61.1. The minimum atomic E-state index is -5.54. The number of carboxylic acids is 2. The summed E-state index contributed by atoms with van der Waals surface area (Å²) in [5.74, 6) is -13.3. The molecule has 44 atom stereocenters. The van der Waals surface area contributed by atoms with Gasteiger partial charge in [0.15, 0.2) is 37.7 Å². The molecule has 8 fully saturated rings. The van der Waals surface area contributed by atoms with Gasteiger partial charge >= 0.3 is 19.8 Å². The number of hydrogen-bond donors (Lipinski definition) is 32. The summed E-state index contributed by atoms with van der Waals surface area (Å²) in [4.78, 5) is 61.9. The number of phosphoric ester groups is 1. The number of rotatable bonds is 36. The molecule has 674 valence electrons. The third-order valence-electron chi connectivity index (χ3n) is 20.3. The topological polar surface area (TPSA) is 879 Å². The van der Waals surface area contributed by atoms with Crippen LogP contribution >= 0.6 is 7.82 Å². The van der Waals surface area contributed by atoms with Gasteiger partial charge in [-0.05, 0) is 0 Å². The second kappa shape index (κ2) is 41.7. The molecule has 1 unspecified atom stereocenters. The molecule has 33 N–H and O–H groups in total. The molecule has 0 bridgehead atoms. The van der Waals surface area contributed by atoms with Crippen molar-refractivity contribution in [2.75, 3.05) is 66.0 Å². The van der Waals surface area contributed by atoms with E-state index in [0.29, 0.717) is 0 Å². The van der Waals surface area contributed by atoms with Crippen LogP contribution in [0.5, 0.6) is 0 Å². The van der Waals surface area contributed by atoms with Gasteiger partial charge in [0.1, 0.15) is 195 Å². The lowest BCUT2D eigenvalue weighted by atomic mass is 9.88. The predicted octanol–water partition coefficient (Wildman–Crippen LogP) is -20.3. The van der Waals surface area contributed by atoms with Gasteiger partial charge in [-0.25, -0.2) is 14.2 Å². The number of phosphoric acid groups is 1. The first-order valence-corrected chi connectivity index (χ1v) is 37.4. The lowest BCUT2D eigenvalue weighted by Crippen LogP contribution is -2.72. The van der Waals surface area contributed by atoms with E-state index in [-0.39, 0.29) is 0 Å². The standard InChI is InChI=1S/C61H104N3O51P/c1-15(73)63-27-17(75)6-61(59(94)95,113-47(27)29(80)19(77)7-65)114-49-40(91)55(103-25(13-71)46(49)108-52-28(64-16(2)74)32(83)30(81)22(10-68)100-52)106-44-24(12-70)102-54(38(89)36(44)87)110-50-35(86)34(85)41(20(78)8-66)104-56(50)109-48-39(90)45(26(14-72)115-116(97,98)99-4-3-62)107-57(51(48)111-53-37(88)33(84)31(82)23(11-69)101-53)105-42-18(76)5-60(96,58(92)93)112-43(42)21(79)9-67/h17-57,65-72,75-91,96H,3-14,62H2,1-2H3,(H,63,73)(H,64,74)(H,92,93)(H,94,95)(H,97,98)/t17-,18+,19+,20-,21+,22+,23+,24+,25+,26-,27+,28+,29+,30-,31+,32+,33-,34-,35-,36+,37+,38+,39+,40+,41+,42+,43+,44+,45+,46-,47+,48-,49+,50-,51-,52-,53+,54-,55-,56+,57-,60+,61-/m0/s1. The summed E-state index contributed by atoms with van der Waals surface area (Å²) in [5, 5.41) is 316. The van der Waals surface area contributed by atoms with Crippen LogP contribution in [0.3, 0.4) is 0 Å². The molecule has 0 aromatic rings. The quantitative estimate of drug-likeness (QED) is 0.0259. The zero-order chi connectivity index (χ0) is 86.4. The molecule has 55 heteroatoms. The van der Waals surface area contributed by atoms with Crippen LogP contribution in [0, 0.1) is 0 Å². The molecule has 8 saturated heterocycles. The molecular weight excluding hydrogens is 1620 g/mol. The van der Waals surface area contributed by atoms with Gasteiger partial charge in [-0.1, -0.05) is 0 Å². The van der Waals surface area contributed by atoms with Crippen molar-refractivity contribution in [2.45, 2.75) is 290 Å². The molecule has 8 heterocycles.